The van der Waals surface area contributed by atoms with Crippen LogP contribution in [0.4, 0.5) is 0 Å². The van der Waals surface area contributed by atoms with E-state index in [1.165, 1.54) is 7.11 Å². The quantitative estimate of drug-likeness (QED) is 0.258. The third-order valence-corrected chi connectivity index (χ3v) is 4.10. The van der Waals surface area contributed by atoms with Crippen LogP contribution in [0.2, 0.25) is 0 Å². The maximum absolute atomic E-state index is 11.1. The first-order valence-electron chi connectivity index (χ1n) is 9.16. The third-order valence-electron chi connectivity index (χ3n) is 4.10. The van der Waals surface area contributed by atoms with Crippen molar-refractivity contribution >= 4 is 5.97 Å². The molecule has 8 nitrogen and oxygen atoms in total. The summed E-state index contributed by atoms with van der Waals surface area (Å²) in [5.74, 6) is -0.233. The smallest absolute Gasteiger partial charge is 0.305 e. The summed E-state index contributed by atoms with van der Waals surface area (Å²) in [6, 6.07) is 0. The zero-order valence-electron chi connectivity index (χ0n) is 16.0. The van der Waals surface area contributed by atoms with Crippen LogP contribution in [0.1, 0.15) is 25.7 Å². The average molecular weight is 388 g/mol. The number of unbranched alkanes of at least 4 members (excludes halogenated alkanes) is 2. The highest BCUT2D eigenvalue weighted by Gasteiger charge is 2.45. The molecular formula is C19H32O8. The summed E-state index contributed by atoms with van der Waals surface area (Å²) in [6.07, 6.45) is 0.930. The van der Waals surface area contributed by atoms with E-state index < -0.39 is 30.7 Å². The SMILES string of the molecule is C=CCOC[C@H]1O[C@H](OCCCCCC(=O)OC)[C@H](OCC=C)[C@@H](O)[C@H]1O. The molecule has 0 aliphatic carbocycles. The van der Waals surface area contributed by atoms with Gasteiger partial charge in [0.15, 0.2) is 6.29 Å². The molecule has 0 aromatic carbocycles. The second-order valence-electron chi connectivity index (χ2n) is 6.19. The monoisotopic (exact) mass is 388 g/mol. The number of ether oxygens (including phenoxy) is 5. The van der Waals surface area contributed by atoms with Crippen LogP contribution in [0.25, 0.3) is 0 Å². The summed E-state index contributed by atoms with van der Waals surface area (Å²) in [7, 11) is 1.37. The molecule has 0 aromatic heterocycles. The Hall–Kier alpha value is -1.29. The number of carbonyl (C=O) groups excluding carboxylic acids is 1. The number of aliphatic hydroxyl groups is 2. The van der Waals surface area contributed by atoms with Gasteiger partial charge in [-0.05, 0) is 12.8 Å². The van der Waals surface area contributed by atoms with E-state index in [-0.39, 0.29) is 19.2 Å². The van der Waals surface area contributed by atoms with Crippen LogP contribution in [-0.2, 0) is 28.5 Å². The van der Waals surface area contributed by atoms with Gasteiger partial charge >= 0.3 is 5.97 Å². The van der Waals surface area contributed by atoms with E-state index in [2.05, 4.69) is 17.9 Å². The van der Waals surface area contributed by atoms with Crippen LogP contribution in [0, 0.1) is 0 Å². The predicted molar refractivity (Wildman–Crippen MR) is 98.1 cm³/mol. The van der Waals surface area contributed by atoms with E-state index in [1.807, 2.05) is 0 Å². The summed E-state index contributed by atoms with van der Waals surface area (Å²) < 4.78 is 26.9. The molecule has 1 aliphatic heterocycles. The van der Waals surface area contributed by atoms with E-state index in [4.69, 9.17) is 18.9 Å². The topological polar surface area (TPSA) is 104 Å². The minimum Gasteiger partial charge on any atom is -0.469 e. The van der Waals surface area contributed by atoms with Crippen LogP contribution >= 0.6 is 0 Å². The van der Waals surface area contributed by atoms with Gasteiger partial charge in [0.1, 0.15) is 24.4 Å². The Bertz CT molecular complexity index is 439. The Kier molecular flexibility index (Phi) is 12.2. The fourth-order valence-corrected chi connectivity index (χ4v) is 2.65. The molecule has 0 radical (unpaired) electrons. The summed E-state index contributed by atoms with van der Waals surface area (Å²) in [4.78, 5) is 11.1. The Balaban J connectivity index is 2.51. The van der Waals surface area contributed by atoms with Gasteiger partial charge in [0.05, 0.1) is 26.9 Å². The minimum absolute atomic E-state index is 0.0947. The van der Waals surface area contributed by atoms with Crippen LogP contribution < -0.4 is 0 Å². The Morgan fingerprint density at radius 1 is 1.07 bits per heavy atom. The lowest BCUT2D eigenvalue weighted by Gasteiger charge is -2.42. The molecule has 0 aromatic rings. The molecule has 2 N–H and O–H groups in total. The first-order chi connectivity index (χ1) is 13.0. The van der Waals surface area contributed by atoms with Crippen molar-refractivity contribution in [3.63, 3.8) is 0 Å². The van der Waals surface area contributed by atoms with E-state index in [0.29, 0.717) is 32.5 Å². The van der Waals surface area contributed by atoms with Crippen molar-refractivity contribution in [3.05, 3.63) is 25.3 Å². The van der Waals surface area contributed by atoms with Gasteiger partial charge < -0.3 is 33.9 Å². The van der Waals surface area contributed by atoms with Gasteiger partial charge in [0, 0.05) is 13.0 Å². The molecule has 5 atom stereocenters. The number of aliphatic hydroxyl groups excluding tert-OH is 2. The van der Waals surface area contributed by atoms with Crippen molar-refractivity contribution in [2.75, 3.05) is 33.5 Å². The van der Waals surface area contributed by atoms with Crippen LogP contribution in [0.3, 0.4) is 0 Å². The second kappa shape index (κ2) is 13.8. The first kappa shape index (κ1) is 23.7. The van der Waals surface area contributed by atoms with E-state index in [9.17, 15) is 15.0 Å². The molecule has 8 heteroatoms. The fraction of sp³-hybridized carbons (Fsp3) is 0.737. The molecule has 1 aliphatic rings. The van der Waals surface area contributed by atoms with E-state index in [1.54, 1.807) is 12.2 Å². The lowest BCUT2D eigenvalue weighted by molar-refractivity contribution is -0.309. The van der Waals surface area contributed by atoms with Crippen molar-refractivity contribution in [1.29, 1.82) is 0 Å². The fourth-order valence-electron chi connectivity index (χ4n) is 2.65. The standard InChI is InChI=1S/C19H32O8/c1-4-10-24-13-14-16(21)17(22)18(25-11-5-2)19(27-14)26-12-8-6-7-9-15(20)23-3/h4-5,14,16-19,21-22H,1-2,6-13H2,3H3/t14-,16+,17+,18-,19+/m1/s1. The van der Waals surface area contributed by atoms with Crippen molar-refractivity contribution in [1.82, 2.24) is 0 Å². The summed E-state index contributed by atoms with van der Waals surface area (Å²) in [5.41, 5.74) is 0. The first-order valence-corrected chi connectivity index (χ1v) is 9.16. The number of esters is 1. The van der Waals surface area contributed by atoms with E-state index in [0.717, 1.165) is 6.42 Å². The summed E-state index contributed by atoms with van der Waals surface area (Å²) in [6.45, 7) is 8.09. The normalized spacial score (nSPS) is 27.9. The van der Waals surface area contributed by atoms with Gasteiger partial charge in [-0.15, -0.1) is 13.2 Å². The molecule has 156 valence electrons. The highest BCUT2D eigenvalue weighted by molar-refractivity contribution is 5.68. The molecular weight excluding hydrogens is 356 g/mol. The van der Waals surface area contributed by atoms with Crippen LogP contribution in [0.15, 0.2) is 25.3 Å². The van der Waals surface area contributed by atoms with Crippen molar-refractivity contribution in [2.24, 2.45) is 0 Å². The second-order valence-corrected chi connectivity index (χ2v) is 6.19. The van der Waals surface area contributed by atoms with Crippen molar-refractivity contribution in [2.45, 2.75) is 56.4 Å². The van der Waals surface area contributed by atoms with Gasteiger partial charge in [-0.1, -0.05) is 18.6 Å². The summed E-state index contributed by atoms with van der Waals surface area (Å²) in [5, 5.41) is 20.6. The van der Waals surface area contributed by atoms with Gasteiger partial charge in [-0.2, -0.15) is 0 Å². The molecule has 1 saturated heterocycles. The van der Waals surface area contributed by atoms with Crippen LogP contribution in [0.5, 0.6) is 0 Å². The Morgan fingerprint density at radius 2 is 1.81 bits per heavy atom. The van der Waals surface area contributed by atoms with Gasteiger partial charge in [0.25, 0.3) is 0 Å². The predicted octanol–water partition coefficient (Wildman–Crippen LogP) is 0.957. The molecule has 1 fully saturated rings. The van der Waals surface area contributed by atoms with Gasteiger partial charge in [-0.3, -0.25) is 4.79 Å². The largest absolute Gasteiger partial charge is 0.469 e. The number of rotatable bonds is 14. The van der Waals surface area contributed by atoms with Crippen molar-refractivity contribution < 1.29 is 38.7 Å². The highest BCUT2D eigenvalue weighted by atomic mass is 16.7. The lowest BCUT2D eigenvalue weighted by atomic mass is 9.99. The highest BCUT2D eigenvalue weighted by Crippen LogP contribution is 2.25. The lowest BCUT2D eigenvalue weighted by Crippen LogP contribution is -2.60. The molecule has 0 spiro atoms. The zero-order valence-corrected chi connectivity index (χ0v) is 16.0. The molecule has 0 unspecified atom stereocenters. The number of carbonyl (C=O) groups is 1. The number of hydrogen-bond acceptors (Lipinski definition) is 8. The maximum Gasteiger partial charge on any atom is 0.305 e. The molecule has 0 bridgehead atoms. The molecule has 1 rings (SSSR count). The minimum atomic E-state index is -1.18. The number of methoxy groups -OCH3 is 1. The Labute approximate surface area is 160 Å². The van der Waals surface area contributed by atoms with Crippen LogP contribution in [-0.4, -0.2) is 80.4 Å². The molecule has 27 heavy (non-hydrogen) atoms. The maximum atomic E-state index is 11.1. The van der Waals surface area contributed by atoms with E-state index >= 15 is 0 Å². The molecule has 1 heterocycles. The average Bonchev–Trinajstić information content (AvgIpc) is 2.67. The number of hydrogen-bond donors (Lipinski definition) is 2. The molecule has 0 amide bonds. The van der Waals surface area contributed by atoms with Crippen molar-refractivity contribution in [3.8, 4) is 0 Å². The third kappa shape index (κ3) is 8.50. The summed E-state index contributed by atoms with van der Waals surface area (Å²) >= 11 is 0. The zero-order chi connectivity index (χ0) is 20.1. The molecule has 0 saturated carbocycles. The van der Waals surface area contributed by atoms with Gasteiger partial charge in [0.2, 0.25) is 0 Å². The Morgan fingerprint density at radius 3 is 2.48 bits per heavy atom. The van der Waals surface area contributed by atoms with Gasteiger partial charge in [-0.25, -0.2) is 0 Å².